The molecule has 82 valence electrons. The molecule has 1 rings (SSSR count). The first-order chi connectivity index (χ1) is 6.93. The SMILES string of the molecule is CC(NC(=O)c1cnn(C)c1N)C(N)=O. The highest BCUT2D eigenvalue weighted by Crippen LogP contribution is 2.08. The Morgan fingerprint density at radius 1 is 1.60 bits per heavy atom. The molecule has 0 radical (unpaired) electrons. The molecule has 0 fully saturated rings. The lowest BCUT2D eigenvalue weighted by Crippen LogP contribution is -2.42. The van der Waals surface area contributed by atoms with Crippen molar-refractivity contribution >= 4 is 17.6 Å². The van der Waals surface area contributed by atoms with Crippen LogP contribution >= 0.6 is 0 Å². The number of nitrogens with one attached hydrogen (secondary N) is 1. The first-order valence-corrected chi connectivity index (χ1v) is 4.31. The number of aryl methyl sites for hydroxylation is 1. The average Bonchev–Trinajstić information content (AvgIpc) is 2.47. The van der Waals surface area contributed by atoms with E-state index in [1.807, 2.05) is 0 Å². The van der Waals surface area contributed by atoms with Gasteiger partial charge in [0.25, 0.3) is 5.91 Å². The summed E-state index contributed by atoms with van der Waals surface area (Å²) in [7, 11) is 1.61. The van der Waals surface area contributed by atoms with E-state index in [0.29, 0.717) is 0 Å². The number of aromatic nitrogens is 2. The smallest absolute Gasteiger partial charge is 0.257 e. The Balaban J connectivity index is 2.78. The summed E-state index contributed by atoms with van der Waals surface area (Å²) >= 11 is 0. The molecule has 15 heavy (non-hydrogen) atoms. The zero-order chi connectivity index (χ0) is 11.6. The second-order valence-corrected chi connectivity index (χ2v) is 3.16. The average molecular weight is 211 g/mol. The van der Waals surface area contributed by atoms with E-state index in [4.69, 9.17) is 11.5 Å². The minimum atomic E-state index is -0.739. The van der Waals surface area contributed by atoms with Gasteiger partial charge in [0, 0.05) is 7.05 Å². The Morgan fingerprint density at radius 3 is 2.60 bits per heavy atom. The maximum absolute atomic E-state index is 11.5. The molecule has 0 saturated carbocycles. The Morgan fingerprint density at radius 2 is 2.20 bits per heavy atom. The van der Waals surface area contributed by atoms with E-state index in [2.05, 4.69) is 10.4 Å². The molecule has 0 aliphatic carbocycles. The number of rotatable bonds is 3. The minimum absolute atomic E-state index is 0.227. The van der Waals surface area contributed by atoms with Gasteiger partial charge in [0.05, 0.1) is 6.20 Å². The first kappa shape index (κ1) is 11.0. The minimum Gasteiger partial charge on any atom is -0.383 e. The van der Waals surface area contributed by atoms with E-state index in [9.17, 15) is 9.59 Å². The Kier molecular flexibility index (Phi) is 2.93. The highest BCUT2D eigenvalue weighted by atomic mass is 16.2. The normalized spacial score (nSPS) is 12.1. The number of carbonyl (C=O) groups is 2. The number of nitrogens with zero attached hydrogens (tertiary/aromatic N) is 2. The number of amides is 2. The van der Waals surface area contributed by atoms with Crippen LogP contribution in [0.2, 0.25) is 0 Å². The lowest BCUT2D eigenvalue weighted by atomic mass is 10.2. The zero-order valence-electron chi connectivity index (χ0n) is 8.52. The molecule has 0 spiro atoms. The van der Waals surface area contributed by atoms with Gasteiger partial charge in [-0.1, -0.05) is 0 Å². The van der Waals surface area contributed by atoms with E-state index in [-0.39, 0.29) is 11.4 Å². The number of carbonyl (C=O) groups excluding carboxylic acids is 2. The van der Waals surface area contributed by atoms with E-state index < -0.39 is 17.9 Å². The maximum atomic E-state index is 11.5. The number of primary amides is 1. The van der Waals surface area contributed by atoms with Crippen molar-refractivity contribution in [3.63, 3.8) is 0 Å². The Bertz CT molecular complexity index is 398. The first-order valence-electron chi connectivity index (χ1n) is 4.31. The molecule has 0 aliphatic rings. The Hall–Kier alpha value is -2.05. The second kappa shape index (κ2) is 3.99. The van der Waals surface area contributed by atoms with Crippen LogP contribution in [0.1, 0.15) is 17.3 Å². The monoisotopic (exact) mass is 211 g/mol. The quantitative estimate of drug-likeness (QED) is 0.570. The van der Waals surface area contributed by atoms with Gasteiger partial charge in [0.1, 0.15) is 17.4 Å². The summed E-state index contributed by atoms with van der Waals surface area (Å²) < 4.78 is 1.36. The third-order valence-electron chi connectivity index (χ3n) is 2.00. The maximum Gasteiger partial charge on any atom is 0.257 e. The molecule has 1 unspecified atom stereocenters. The van der Waals surface area contributed by atoms with Gasteiger partial charge in [0.2, 0.25) is 5.91 Å². The molecular weight excluding hydrogens is 198 g/mol. The summed E-state index contributed by atoms with van der Waals surface area (Å²) in [5.41, 5.74) is 10.8. The van der Waals surface area contributed by atoms with E-state index in [1.54, 1.807) is 7.05 Å². The van der Waals surface area contributed by atoms with Crippen molar-refractivity contribution in [2.75, 3.05) is 5.73 Å². The molecule has 1 aromatic rings. The van der Waals surface area contributed by atoms with Crippen LogP contribution in [0.5, 0.6) is 0 Å². The van der Waals surface area contributed by atoms with Gasteiger partial charge in [-0.05, 0) is 6.92 Å². The number of anilines is 1. The van der Waals surface area contributed by atoms with Crippen molar-refractivity contribution in [1.82, 2.24) is 15.1 Å². The summed E-state index contributed by atoms with van der Waals surface area (Å²) in [5.74, 6) is -0.832. The molecular formula is C8H13N5O2. The third-order valence-corrected chi connectivity index (χ3v) is 2.00. The standard InChI is InChI=1S/C8H13N5O2/c1-4(7(10)14)12-8(15)5-3-11-13(2)6(5)9/h3-4H,9H2,1-2H3,(H2,10,14)(H,12,15). The highest BCUT2D eigenvalue weighted by Gasteiger charge is 2.17. The molecule has 0 bridgehead atoms. The van der Waals surface area contributed by atoms with Gasteiger partial charge in [-0.2, -0.15) is 5.10 Å². The van der Waals surface area contributed by atoms with Crippen LogP contribution in [-0.2, 0) is 11.8 Å². The van der Waals surface area contributed by atoms with Crippen LogP contribution in [0.25, 0.3) is 0 Å². The number of nitrogens with two attached hydrogens (primary N) is 2. The molecule has 7 heteroatoms. The van der Waals surface area contributed by atoms with Gasteiger partial charge in [-0.25, -0.2) is 0 Å². The molecule has 0 saturated heterocycles. The van der Waals surface area contributed by atoms with Crippen LogP contribution in [0, 0.1) is 0 Å². The molecule has 1 aromatic heterocycles. The lowest BCUT2D eigenvalue weighted by Gasteiger charge is -2.09. The predicted molar refractivity (Wildman–Crippen MR) is 53.7 cm³/mol. The molecule has 0 aliphatic heterocycles. The van der Waals surface area contributed by atoms with Gasteiger partial charge in [0.15, 0.2) is 0 Å². The second-order valence-electron chi connectivity index (χ2n) is 3.16. The fourth-order valence-corrected chi connectivity index (χ4v) is 0.967. The fourth-order valence-electron chi connectivity index (χ4n) is 0.967. The highest BCUT2D eigenvalue weighted by molar-refractivity contribution is 6.00. The molecule has 1 atom stereocenters. The van der Waals surface area contributed by atoms with Crippen molar-refractivity contribution in [3.8, 4) is 0 Å². The van der Waals surface area contributed by atoms with Crippen molar-refractivity contribution in [3.05, 3.63) is 11.8 Å². The van der Waals surface area contributed by atoms with Gasteiger partial charge >= 0.3 is 0 Å². The van der Waals surface area contributed by atoms with Crippen molar-refractivity contribution in [1.29, 1.82) is 0 Å². The van der Waals surface area contributed by atoms with Crippen LogP contribution in [0.4, 0.5) is 5.82 Å². The number of nitrogen functional groups attached to an aromatic ring is 1. The van der Waals surface area contributed by atoms with Crippen molar-refractivity contribution in [2.45, 2.75) is 13.0 Å². The molecule has 7 nitrogen and oxygen atoms in total. The molecule has 0 aromatic carbocycles. The van der Waals surface area contributed by atoms with Gasteiger partial charge in [-0.3, -0.25) is 14.3 Å². The Labute approximate surface area is 86.4 Å². The summed E-state index contributed by atoms with van der Waals surface area (Å²) in [6.45, 7) is 1.49. The predicted octanol–water partition coefficient (Wildman–Crippen LogP) is -1.39. The lowest BCUT2D eigenvalue weighted by molar-refractivity contribution is -0.119. The van der Waals surface area contributed by atoms with Gasteiger partial charge < -0.3 is 16.8 Å². The van der Waals surface area contributed by atoms with Crippen molar-refractivity contribution in [2.24, 2.45) is 12.8 Å². The summed E-state index contributed by atoms with van der Waals surface area (Å²) in [4.78, 5) is 22.3. The van der Waals surface area contributed by atoms with Crippen LogP contribution in [0.3, 0.4) is 0 Å². The molecule has 1 heterocycles. The largest absolute Gasteiger partial charge is 0.383 e. The molecule has 2 amide bonds. The van der Waals surface area contributed by atoms with E-state index in [1.165, 1.54) is 17.8 Å². The van der Waals surface area contributed by atoms with Crippen LogP contribution < -0.4 is 16.8 Å². The van der Waals surface area contributed by atoms with E-state index >= 15 is 0 Å². The van der Waals surface area contributed by atoms with E-state index in [0.717, 1.165) is 0 Å². The third kappa shape index (κ3) is 2.25. The van der Waals surface area contributed by atoms with Gasteiger partial charge in [-0.15, -0.1) is 0 Å². The van der Waals surface area contributed by atoms with Crippen LogP contribution in [-0.4, -0.2) is 27.6 Å². The summed E-state index contributed by atoms with van der Waals surface area (Å²) in [6.07, 6.45) is 1.33. The summed E-state index contributed by atoms with van der Waals surface area (Å²) in [5, 5.41) is 6.21. The fraction of sp³-hybridized carbons (Fsp3) is 0.375. The van der Waals surface area contributed by atoms with Crippen molar-refractivity contribution < 1.29 is 9.59 Å². The number of hydrogen-bond acceptors (Lipinski definition) is 4. The molecule has 5 N–H and O–H groups in total. The topological polar surface area (TPSA) is 116 Å². The summed E-state index contributed by atoms with van der Waals surface area (Å²) in [6, 6.07) is -0.739. The number of hydrogen-bond donors (Lipinski definition) is 3. The zero-order valence-corrected chi connectivity index (χ0v) is 8.52. The van der Waals surface area contributed by atoms with Crippen LogP contribution in [0.15, 0.2) is 6.20 Å².